The van der Waals surface area contributed by atoms with Crippen molar-refractivity contribution >= 4 is 31.9 Å². The van der Waals surface area contributed by atoms with E-state index >= 15 is 0 Å². The van der Waals surface area contributed by atoms with Crippen LogP contribution < -0.4 is 10.5 Å². The van der Waals surface area contributed by atoms with E-state index in [0.717, 1.165) is 6.42 Å². The van der Waals surface area contributed by atoms with Crippen molar-refractivity contribution in [2.45, 2.75) is 39.0 Å². The van der Waals surface area contributed by atoms with Crippen LogP contribution in [0.15, 0.2) is 21.5 Å². The molecule has 0 bridgehead atoms. The van der Waals surface area contributed by atoms with Crippen LogP contribution in [-0.4, -0.2) is 20.9 Å². The monoisotopic (exact) mass is 376 g/mol. The van der Waals surface area contributed by atoms with Crippen molar-refractivity contribution in [3.05, 3.63) is 27.7 Å². The number of benzene rings is 1. The van der Waals surface area contributed by atoms with Gasteiger partial charge in [-0.05, 0) is 36.5 Å². The summed E-state index contributed by atoms with van der Waals surface area (Å²) in [6.45, 7) is 8.24. The molecule has 118 valence electrons. The van der Waals surface area contributed by atoms with Gasteiger partial charge in [-0.3, -0.25) is 4.79 Å². The number of carbonyl (C=O) groups excluding carboxylic acids is 1. The van der Waals surface area contributed by atoms with Crippen LogP contribution in [-0.2, 0) is 10.0 Å². The molecule has 7 heteroatoms. The number of primary sulfonamides is 1. The van der Waals surface area contributed by atoms with E-state index in [1.165, 1.54) is 6.07 Å². The average molecular weight is 377 g/mol. The molecule has 0 fully saturated rings. The van der Waals surface area contributed by atoms with Gasteiger partial charge in [0, 0.05) is 16.6 Å². The van der Waals surface area contributed by atoms with E-state index in [0.29, 0.717) is 22.1 Å². The lowest BCUT2D eigenvalue weighted by Crippen LogP contribution is -2.34. The molecule has 0 saturated carbocycles. The highest BCUT2D eigenvalue weighted by Gasteiger charge is 2.21. The number of hydrogen-bond acceptors (Lipinski definition) is 3. The minimum Gasteiger partial charge on any atom is -0.351 e. The van der Waals surface area contributed by atoms with Crippen LogP contribution in [0.5, 0.6) is 0 Å². The van der Waals surface area contributed by atoms with Crippen molar-refractivity contribution in [2.75, 3.05) is 6.54 Å². The van der Waals surface area contributed by atoms with Crippen LogP contribution in [0.4, 0.5) is 0 Å². The molecular formula is C14H21BrN2O3S. The zero-order valence-corrected chi connectivity index (χ0v) is 15.1. The van der Waals surface area contributed by atoms with Crippen molar-refractivity contribution in [3.8, 4) is 0 Å². The Morgan fingerprint density at radius 1 is 1.38 bits per heavy atom. The van der Waals surface area contributed by atoms with Gasteiger partial charge in [0.05, 0.1) is 4.90 Å². The summed E-state index contributed by atoms with van der Waals surface area (Å²) in [5.74, 6) is -0.305. The predicted octanol–water partition coefficient (Wildman–Crippen LogP) is 2.57. The molecule has 1 rings (SSSR count). The van der Waals surface area contributed by atoms with E-state index in [9.17, 15) is 13.2 Å². The third-order valence-electron chi connectivity index (χ3n) is 3.56. The van der Waals surface area contributed by atoms with Gasteiger partial charge in [-0.15, -0.1) is 0 Å². The molecule has 0 unspecified atom stereocenters. The van der Waals surface area contributed by atoms with E-state index in [4.69, 9.17) is 5.14 Å². The number of sulfonamides is 1. The van der Waals surface area contributed by atoms with Crippen LogP contribution in [0.3, 0.4) is 0 Å². The molecule has 0 radical (unpaired) electrons. The highest BCUT2D eigenvalue weighted by atomic mass is 79.9. The number of nitrogens with one attached hydrogen (secondary N) is 1. The molecular weight excluding hydrogens is 356 g/mol. The first kappa shape index (κ1) is 18.1. The summed E-state index contributed by atoms with van der Waals surface area (Å²) < 4.78 is 23.6. The van der Waals surface area contributed by atoms with Crippen molar-refractivity contribution in [1.29, 1.82) is 0 Å². The van der Waals surface area contributed by atoms with E-state index in [1.54, 1.807) is 13.0 Å². The SMILES string of the molecule is CCC(C)(C)CNC(=O)c1cc(Br)cc(S(N)(=O)=O)c1C. The van der Waals surface area contributed by atoms with Crippen molar-refractivity contribution in [2.24, 2.45) is 10.6 Å². The molecule has 0 aliphatic heterocycles. The summed E-state index contributed by atoms with van der Waals surface area (Å²) in [4.78, 5) is 12.2. The Bertz CT molecular complexity index is 654. The van der Waals surface area contributed by atoms with Crippen LogP contribution in [0.1, 0.15) is 43.1 Å². The molecule has 0 aliphatic carbocycles. The third-order valence-corrected chi connectivity index (χ3v) is 5.06. The van der Waals surface area contributed by atoms with Crippen molar-refractivity contribution in [1.82, 2.24) is 5.32 Å². The minimum atomic E-state index is -3.87. The van der Waals surface area contributed by atoms with Crippen molar-refractivity contribution < 1.29 is 13.2 Å². The van der Waals surface area contributed by atoms with Crippen LogP contribution in [0.25, 0.3) is 0 Å². The first-order valence-electron chi connectivity index (χ1n) is 6.59. The zero-order chi connectivity index (χ0) is 16.4. The zero-order valence-electron chi connectivity index (χ0n) is 12.7. The van der Waals surface area contributed by atoms with Gasteiger partial charge in [0.25, 0.3) is 5.91 Å². The Morgan fingerprint density at radius 2 is 1.95 bits per heavy atom. The Hall–Kier alpha value is -0.920. The van der Waals surface area contributed by atoms with Gasteiger partial charge in [-0.2, -0.15) is 0 Å². The molecule has 0 aromatic heterocycles. The molecule has 3 N–H and O–H groups in total. The van der Waals surface area contributed by atoms with Crippen LogP contribution in [0.2, 0.25) is 0 Å². The molecule has 0 aliphatic rings. The first-order valence-corrected chi connectivity index (χ1v) is 8.93. The predicted molar refractivity (Wildman–Crippen MR) is 86.7 cm³/mol. The second kappa shape index (κ2) is 6.46. The minimum absolute atomic E-state index is 0.0155. The Kier molecular flexibility index (Phi) is 5.57. The summed E-state index contributed by atoms with van der Waals surface area (Å²) >= 11 is 3.21. The van der Waals surface area contributed by atoms with E-state index in [2.05, 4.69) is 42.0 Å². The Balaban J connectivity index is 3.14. The lowest BCUT2D eigenvalue weighted by atomic mass is 9.90. The van der Waals surface area contributed by atoms with Crippen LogP contribution >= 0.6 is 15.9 Å². The summed E-state index contributed by atoms with van der Waals surface area (Å²) in [6.07, 6.45) is 0.924. The summed E-state index contributed by atoms with van der Waals surface area (Å²) in [6, 6.07) is 3.00. The standard InChI is InChI=1S/C14H21BrN2O3S/c1-5-14(3,4)8-17-13(18)11-6-10(15)7-12(9(11)2)21(16,19)20/h6-7H,5,8H2,1-4H3,(H,17,18)(H2,16,19,20). The molecule has 1 aromatic rings. The van der Waals surface area contributed by atoms with Gasteiger partial charge in [0.15, 0.2) is 0 Å². The number of hydrogen-bond donors (Lipinski definition) is 2. The highest BCUT2D eigenvalue weighted by Crippen LogP contribution is 2.24. The maximum atomic E-state index is 12.3. The Labute approximate surface area is 134 Å². The van der Waals surface area contributed by atoms with Gasteiger partial charge in [0.1, 0.15) is 0 Å². The number of halogens is 1. The topological polar surface area (TPSA) is 89.3 Å². The molecule has 1 amide bonds. The summed E-state index contributed by atoms with van der Waals surface area (Å²) in [5.41, 5.74) is 0.644. The lowest BCUT2D eigenvalue weighted by Gasteiger charge is -2.23. The van der Waals surface area contributed by atoms with Gasteiger partial charge < -0.3 is 5.32 Å². The largest absolute Gasteiger partial charge is 0.351 e. The normalized spacial score (nSPS) is 12.3. The Morgan fingerprint density at radius 3 is 2.43 bits per heavy atom. The van der Waals surface area contributed by atoms with Gasteiger partial charge in [-0.1, -0.05) is 36.7 Å². The van der Waals surface area contributed by atoms with Crippen molar-refractivity contribution in [3.63, 3.8) is 0 Å². The number of rotatable bonds is 5. The third kappa shape index (κ3) is 4.79. The number of carbonyl (C=O) groups is 1. The molecule has 21 heavy (non-hydrogen) atoms. The number of nitrogens with two attached hydrogens (primary N) is 1. The molecule has 0 atom stereocenters. The quantitative estimate of drug-likeness (QED) is 0.827. The lowest BCUT2D eigenvalue weighted by molar-refractivity contribution is 0.0935. The fourth-order valence-electron chi connectivity index (χ4n) is 1.73. The highest BCUT2D eigenvalue weighted by molar-refractivity contribution is 9.10. The van der Waals surface area contributed by atoms with E-state index in [1.807, 2.05) is 0 Å². The fourth-order valence-corrected chi connectivity index (χ4v) is 3.16. The summed E-state index contributed by atoms with van der Waals surface area (Å²) in [7, 11) is -3.87. The second-order valence-corrected chi connectivity index (χ2v) is 8.27. The van der Waals surface area contributed by atoms with Gasteiger partial charge in [-0.25, -0.2) is 13.6 Å². The maximum Gasteiger partial charge on any atom is 0.251 e. The summed E-state index contributed by atoms with van der Waals surface area (Å²) in [5, 5.41) is 8.02. The molecule has 1 aromatic carbocycles. The molecule has 0 saturated heterocycles. The van der Waals surface area contributed by atoms with Gasteiger partial charge in [0.2, 0.25) is 10.0 Å². The van der Waals surface area contributed by atoms with Crippen LogP contribution in [0, 0.1) is 12.3 Å². The smallest absolute Gasteiger partial charge is 0.251 e. The first-order chi connectivity index (χ1) is 9.48. The number of amides is 1. The van der Waals surface area contributed by atoms with Gasteiger partial charge >= 0.3 is 0 Å². The molecule has 0 spiro atoms. The van der Waals surface area contributed by atoms with E-state index < -0.39 is 10.0 Å². The fraction of sp³-hybridized carbons (Fsp3) is 0.500. The van der Waals surface area contributed by atoms with E-state index in [-0.39, 0.29) is 16.2 Å². The maximum absolute atomic E-state index is 12.3. The molecule has 5 nitrogen and oxygen atoms in total. The molecule has 0 heterocycles. The second-order valence-electron chi connectivity index (χ2n) is 5.82. The average Bonchev–Trinajstić information content (AvgIpc) is 2.37.